The van der Waals surface area contributed by atoms with Crippen LogP contribution in [0, 0.1) is 5.92 Å². The third kappa shape index (κ3) is 38.3. The summed E-state index contributed by atoms with van der Waals surface area (Å²) in [6.07, 6.45) is 6.07. The van der Waals surface area contributed by atoms with E-state index in [4.69, 9.17) is 5.11 Å². The fourth-order valence-electron chi connectivity index (χ4n) is 12.8. The Bertz CT molecular complexity index is 4250. The van der Waals surface area contributed by atoms with Gasteiger partial charge in [-0.2, -0.15) is 4.99 Å². The van der Waals surface area contributed by atoms with Gasteiger partial charge in [-0.25, -0.2) is 28.8 Å². The lowest BCUT2D eigenvalue weighted by atomic mass is 10.0. The zero-order valence-corrected chi connectivity index (χ0v) is 67.9. The number of isocyanates is 1. The Morgan fingerprint density at radius 1 is 0.445 bits per heavy atom. The zero-order valence-electron chi connectivity index (χ0n) is 67.9. The first kappa shape index (κ1) is 95.2. The number of urea groups is 5. The molecule has 14 N–H and O–H groups in total. The molecule has 0 unspecified atom stereocenters. The molecule has 6 atom stereocenters. The van der Waals surface area contributed by atoms with Crippen LogP contribution in [-0.4, -0.2) is 265 Å². The van der Waals surface area contributed by atoms with Crippen molar-refractivity contribution in [3.63, 3.8) is 0 Å². The number of para-hydroxylation sites is 6. The van der Waals surface area contributed by atoms with Crippen LogP contribution in [0.2, 0.25) is 0 Å². The van der Waals surface area contributed by atoms with E-state index < -0.39 is 42.6 Å². The van der Waals surface area contributed by atoms with Gasteiger partial charge in [0.1, 0.15) is 13.1 Å². The van der Waals surface area contributed by atoms with Crippen molar-refractivity contribution in [2.75, 3.05) is 146 Å². The number of carboxylic acid groups (broad SMARTS) is 1. The number of nitrogens with one attached hydrogen (secondary N) is 10. The number of nitrogens with zero attached hydrogens (tertiary/aromatic N) is 7. The summed E-state index contributed by atoms with van der Waals surface area (Å²) >= 11 is 0. The van der Waals surface area contributed by atoms with E-state index in [1.807, 2.05) is 120 Å². The number of piperidine rings is 1. The van der Waals surface area contributed by atoms with Crippen LogP contribution in [0.1, 0.15) is 64.0 Å². The van der Waals surface area contributed by atoms with Crippen molar-refractivity contribution < 1.29 is 77.9 Å². The zero-order chi connectivity index (χ0) is 86.1. The SMILES string of the molecule is CC(C)[C@@H](CN1CC[C@H](O)C1)N(C)C(=O)CNC(=O)Nc1ccccc1.CN(C(=O)CNC(=O)Nc1ccccc1)[C@H](CN1CC[C@H](O)C1)c1ccccc1.COC(=O)CNC(=O)Nc1ccccc1.O=C(NCC(=O)N1CCCC[C@H]1CN1CC[C@H](O)C1)Nc1ccccc1.O=C(O)CNC(=O)Nc1ccccc1.O=C=Nc1ccccc1. The molecule has 11 rings (SSSR count). The smallest absolute Gasteiger partial charge is 0.325 e. The van der Waals surface area contributed by atoms with E-state index in [9.17, 15) is 68.1 Å². The Labute approximate surface area is 694 Å². The average Bonchev–Trinajstić information content (AvgIpc) is 1.84. The van der Waals surface area contributed by atoms with Crippen molar-refractivity contribution in [2.45, 2.75) is 88.8 Å². The number of carbonyl (C=O) groups excluding carboxylic acids is 10. The predicted octanol–water partition coefficient (Wildman–Crippen LogP) is 8.22. The number of likely N-dealkylation sites (tertiary alicyclic amines) is 4. The lowest BCUT2D eigenvalue weighted by Gasteiger charge is -2.38. The van der Waals surface area contributed by atoms with Crippen LogP contribution in [0.25, 0.3) is 0 Å². The molecule has 0 radical (unpaired) electrons. The molecule has 13 amide bonds. The van der Waals surface area contributed by atoms with Crippen molar-refractivity contribution in [1.29, 1.82) is 0 Å². The van der Waals surface area contributed by atoms with Crippen molar-refractivity contribution in [3.05, 3.63) is 218 Å². The minimum absolute atomic E-state index is 0.00219. The van der Waals surface area contributed by atoms with Crippen LogP contribution in [-0.2, 0) is 33.5 Å². The molecule has 0 spiro atoms. The molecular formula is C86H113N17O16. The molecule has 119 heavy (non-hydrogen) atoms. The summed E-state index contributed by atoms with van der Waals surface area (Å²) in [7, 11) is 4.79. The largest absolute Gasteiger partial charge is 0.480 e. The molecular weight excluding hydrogens is 1530 g/mol. The van der Waals surface area contributed by atoms with Crippen LogP contribution in [0.15, 0.2) is 217 Å². The van der Waals surface area contributed by atoms with E-state index in [2.05, 4.69) is 91.4 Å². The van der Waals surface area contributed by atoms with Crippen molar-refractivity contribution >= 4 is 100 Å². The molecule has 4 heterocycles. The summed E-state index contributed by atoms with van der Waals surface area (Å²) in [4.78, 5) is 142. The molecule has 7 aromatic rings. The Hall–Kier alpha value is -12.6. The van der Waals surface area contributed by atoms with Gasteiger partial charge in [0.25, 0.3) is 0 Å². The first-order chi connectivity index (χ1) is 57.3. The number of β-amino-alcohol motifs (C(OH)–C–C–N with tert-alkyl or cyclic N) is 3. The van der Waals surface area contributed by atoms with Gasteiger partial charge >= 0.3 is 42.1 Å². The molecule has 4 aliphatic heterocycles. The lowest BCUT2D eigenvalue weighted by molar-refractivity contribution is -0.139. The van der Waals surface area contributed by atoms with E-state index in [1.54, 1.807) is 121 Å². The highest BCUT2D eigenvalue weighted by Crippen LogP contribution is 2.25. The Morgan fingerprint density at radius 3 is 1.17 bits per heavy atom. The van der Waals surface area contributed by atoms with Crippen LogP contribution in [0.4, 0.5) is 58.1 Å². The standard InChI is InChI=1S/C22H28N4O3.C19H28N4O3.C19H30N4O3.C10H12N2O3.C9H10N2O3.C7H5NO/c1-25(21(28)14-23-22(29)24-18-10-6-3-7-11-18)20(17-8-4-2-5-9-17)16-26-13-12-19(27)15-26;24-17-9-11-22(14-17)13-16-8-4-5-10-23(16)18(25)12-20-19(26)21-15-6-2-1-3-7-15;1-14(2)17(13-23-10-9-16(24)12-23)22(3)18(25)11-20-19(26)21-15-7-5-4-6-8-15;1-15-9(13)7-11-10(14)12-8-5-3-2-4-6-8;12-8(13)6-10-9(14)11-7-4-2-1-3-5-7;9-6-8-7-4-2-1-3-5-7/h2-11,19-20,27H,12-16H2,1H3,(H2,23,24,29);1-3,6-7,16-17,24H,4-5,8-14H2,(H2,20,21,26);4-8,14,16-17,24H,9-13H2,1-3H3,(H2,20,21,26);2-6H,7H2,1H3,(H2,11,12,14);1-5H,6H2,(H,12,13)(H2,10,11,14);1-5H/t19-,20+;16-,17-;16-,17+;;;/m000.../s1. The second kappa shape index (κ2) is 53.6. The fraction of sp³-hybridized carbons (Fsp3) is 0.384. The third-order valence-corrected chi connectivity index (χ3v) is 19.1. The summed E-state index contributed by atoms with van der Waals surface area (Å²) in [5.74, 6) is -1.64. The fourth-order valence-corrected chi connectivity index (χ4v) is 12.8. The van der Waals surface area contributed by atoms with E-state index in [0.29, 0.717) is 60.3 Å². The number of hydrogen-bond donors (Lipinski definition) is 14. The second-order valence-corrected chi connectivity index (χ2v) is 28.5. The number of aliphatic hydroxyl groups excluding tert-OH is 3. The molecule has 33 heteroatoms. The van der Waals surface area contributed by atoms with Gasteiger partial charge in [-0.3, -0.25) is 38.7 Å². The van der Waals surface area contributed by atoms with Gasteiger partial charge in [0, 0.05) is 120 Å². The quantitative estimate of drug-likeness (QED) is 0.0138. The van der Waals surface area contributed by atoms with Crippen LogP contribution >= 0.6 is 0 Å². The first-order valence-electron chi connectivity index (χ1n) is 39.3. The molecule has 4 fully saturated rings. The number of likely N-dealkylation sites (N-methyl/N-ethyl adjacent to an activating group) is 2. The number of anilines is 5. The molecule has 638 valence electrons. The number of aliphatic carboxylic acids is 1. The normalized spacial score (nSPS) is 16.3. The summed E-state index contributed by atoms with van der Waals surface area (Å²) < 4.78 is 4.37. The minimum Gasteiger partial charge on any atom is -0.480 e. The number of hydrogen-bond acceptors (Lipinski definition) is 19. The molecule has 0 saturated carbocycles. The van der Waals surface area contributed by atoms with E-state index in [-0.39, 0.29) is 92.3 Å². The number of rotatable bonds is 26. The van der Waals surface area contributed by atoms with Gasteiger partial charge in [-0.1, -0.05) is 153 Å². The van der Waals surface area contributed by atoms with Gasteiger partial charge in [0.05, 0.1) is 56.8 Å². The molecule has 0 bridgehead atoms. The van der Waals surface area contributed by atoms with Crippen LogP contribution in [0.5, 0.6) is 0 Å². The second-order valence-electron chi connectivity index (χ2n) is 28.5. The van der Waals surface area contributed by atoms with Gasteiger partial charge in [-0.15, -0.1) is 0 Å². The molecule has 0 aromatic heterocycles. The number of amides is 13. The van der Waals surface area contributed by atoms with Crippen molar-refractivity contribution in [1.82, 2.24) is 56.0 Å². The molecule has 33 nitrogen and oxygen atoms in total. The number of benzene rings is 7. The molecule has 7 aromatic carbocycles. The topological polar surface area (TPSA) is 430 Å². The number of methoxy groups -OCH3 is 1. The number of esters is 1. The summed E-state index contributed by atoms with van der Waals surface area (Å²) in [5, 5.41) is 63.1. The monoisotopic (exact) mass is 1640 g/mol. The van der Waals surface area contributed by atoms with Gasteiger partial charge in [0.2, 0.25) is 23.8 Å². The maximum Gasteiger partial charge on any atom is 0.325 e. The maximum atomic E-state index is 12.8. The number of carbonyl (C=O) groups is 10. The van der Waals surface area contributed by atoms with E-state index >= 15 is 0 Å². The van der Waals surface area contributed by atoms with Gasteiger partial charge in [-0.05, 0) is 123 Å². The average molecular weight is 1640 g/mol. The van der Waals surface area contributed by atoms with E-state index in [0.717, 1.165) is 83.4 Å². The maximum absolute atomic E-state index is 12.8. The minimum atomic E-state index is -1.08. The van der Waals surface area contributed by atoms with Gasteiger partial charge in [0.15, 0.2) is 0 Å². The van der Waals surface area contributed by atoms with Gasteiger partial charge < -0.3 is 93.0 Å². The first-order valence-corrected chi connectivity index (χ1v) is 39.3. The Balaban J connectivity index is 0.000000229. The van der Waals surface area contributed by atoms with Crippen molar-refractivity contribution in [2.24, 2.45) is 10.9 Å². The van der Waals surface area contributed by atoms with E-state index in [1.165, 1.54) is 13.2 Å². The summed E-state index contributed by atoms with van der Waals surface area (Å²) in [5.41, 5.74) is 5.00. The summed E-state index contributed by atoms with van der Waals surface area (Å²) in [6.45, 7) is 10.9. The number of ether oxygens (including phenoxy) is 1. The molecule has 0 aliphatic carbocycles. The molecule has 4 aliphatic rings. The highest BCUT2D eigenvalue weighted by molar-refractivity contribution is 5.95. The van der Waals surface area contributed by atoms with Crippen LogP contribution in [0.3, 0.4) is 0 Å². The Morgan fingerprint density at radius 2 is 0.798 bits per heavy atom. The van der Waals surface area contributed by atoms with Crippen LogP contribution < -0.4 is 53.2 Å². The number of aliphatic hydroxyl groups is 3. The molecule has 4 saturated heterocycles. The third-order valence-electron chi connectivity index (χ3n) is 19.1. The number of carboxylic acids is 1. The Kier molecular flexibility index (Phi) is 42.9. The number of aliphatic imine (C=N–C) groups is 1. The highest BCUT2D eigenvalue weighted by Gasteiger charge is 2.33. The lowest BCUT2D eigenvalue weighted by Crippen LogP contribution is -2.52. The highest BCUT2D eigenvalue weighted by atomic mass is 16.5. The van der Waals surface area contributed by atoms with Crippen molar-refractivity contribution in [3.8, 4) is 0 Å². The predicted molar refractivity (Wildman–Crippen MR) is 455 cm³/mol. The summed E-state index contributed by atoms with van der Waals surface area (Å²) in [6, 6.07) is 61.8.